The molecule has 0 saturated heterocycles. The number of benzene rings is 1. The van der Waals surface area contributed by atoms with Crippen LogP contribution < -0.4 is 10.5 Å². The first-order valence-corrected chi connectivity index (χ1v) is 6.17. The van der Waals surface area contributed by atoms with Crippen molar-refractivity contribution in [1.29, 1.82) is 0 Å². The lowest BCUT2D eigenvalue weighted by molar-refractivity contribution is 0.410. The predicted molar refractivity (Wildman–Crippen MR) is 71.6 cm³/mol. The molecule has 1 fully saturated rings. The number of hydrogen-bond donors (Lipinski definition) is 1. The molecule has 0 radical (unpaired) electrons. The molecule has 0 bridgehead atoms. The molecule has 1 aromatic carbocycles. The minimum Gasteiger partial charge on any atom is -0.496 e. The average molecular weight is 243 g/mol. The molecule has 1 aliphatic carbocycles. The van der Waals surface area contributed by atoms with Gasteiger partial charge in [0.1, 0.15) is 11.6 Å². The van der Waals surface area contributed by atoms with Gasteiger partial charge in [-0.15, -0.1) is 0 Å². The van der Waals surface area contributed by atoms with E-state index in [0.717, 1.165) is 17.0 Å². The van der Waals surface area contributed by atoms with Crippen molar-refractivity contribution in [3.05, 3.63) is 29.8 Å². The van der Waals surface area contributed by atoms with Gasteiger partial charge >= 0.3 is 0 Å². The van der Waals surface area contributed by atoms with E-state index in [-0.39, 0.29) is 0 Å². The number of aromatic nitrogens is 2. The first kappa shape index (κ1) is 11.1. The van der Waals surface area contributed by atoms with Crippen molar-refractivity contribution in [1.82, 2.24) is 9.78 Å². The number of nitrogens with zero attached hydrogens (tertiary/aromatic N) is 2. The van der Waals surface area contributed by atoms with E-state index in [4.69, 9.17) is 10.5 Å². The van der Waals surface area contributed by atoms with Gasteiger partial charge in [-0.3, -0.25) is 4.68 Å². The second-order valence-corrected chi connectivity index (χ2v) is 4.81. The molecule has 2 N–H and O–H groups in total. The number of anilines is 1. The van der Waals surface area contributed by atoms with Gasteiger partial charge in [0.25, 0.3) is 0 Å². The molecule has 0 aliphatic heterocycles. The molecule has 1 aliphatic rings. The van der Waals surface area contributed by atoms with Gasteiger partial charge in [-0.2, -0.15) is 5.10 Å². The van der Waals surface area contributed by atoms with Crippen LogP contribution in [0.2, 0.25) is 0 Å². The number of methoxy groups -OCH3 is 1. The summed E-state index contributed by atoms with van der Waals surface area (Å²) >= 11 is 0. The van der Waals surface area contributed by atoms with Crippen molar-refractivity contribution in [2.24, 2.45) is 7.05 Å². The standard InChI is InChI=1S/C14H17N3O/c1-17-14(15)8-12(16-17)10-5-6-11(9-3-4-9)13(7-10)18-2/h5-9H,3-4,15H2,1-2H3. The summed E-state index contributed by atoms with van der Waals surface area (Å²) in [6.45, 7) is 0. The first-order valence-electron chi connectivity index (χ1n) is 6.17. The highest BCUT2D eigenvalue weighted by molar-refractivity contribution is 5.65. The molecule has 1 saturated carbocycles. The minimum absolute atomic E-state index is 0.662. The Morgan fingerprint density at radius 1 is 1.33 bits per heavy atom. The van der Waals surface area contributed by atoms with Gasteiger partial charge in [0.15, 0.2) is 0 Å². The highest BCUT2D eigenvalue weighted by Gasteiger charge is 2.26. The van der Waals surface area contributed by atoms with Crippen LogP contribution >= 0.6 is 0 Å². The normalized spacial score (nSPS) is 14.8. The van der Waals surface area contributed by atoms with Crippen LogP contribution in [0.5, 0.6) is 5.75 Å². The van der Waals surface area contributed by atoms with Crippen molar-refractivity contribution in [2.45, 2.75) is 18.8 Å². The maximum atomic E-state index is 5.81. The lowest BCUT2D eigenvalue weighted by atomic mass is 10.0. The molecule has 2 aromatic rings. The predicted octanol–water partition coefficient (Wildman–Crippen LogP) is 2.56. The summed E-state index contributed by atoms with van der Waals surface area (Å²) in [6, 6.07) is 8.18. The van der Waals surface area contributed by atoms with Gasteiger partial charge in [0, 0.05) is 18.7 Å². The van der Waals surface area contributed by atoms with E-state index in [1.807, 2.05) is 13.1 Å². The van der Waals surface area contributed by atoms with Crippen molar-refractivity contribution in [3.63, 3.8) is 0 Å². The van der Waals surface area contributed by atoms with Gasteiger partial charge in [-0.05, 0) is 30.4 Å². The maximum absolute atomic E-state index is 5.81. The number of nitrogens with two attached hydrogens (primary N) is 1. The van der Waals surface area contributed by atoms with Gasteiger partial charge in [-0.1, -0.05) is 12.1 Å². The molecule has 0 atom stereocenters. The largest absolute Gasteiger partial charge is 0.496 e. The van der Waals surface area contributed by atoms with Gasteiger partial charge in [0.05, 0.1) is 12.8 Å². The minimum atomic E-state index is 0.662. The molecule has 4 nitrogen and oxygen atoms in total. The summed E-state index contributed by atoms with van der Waals surface area (Å²) in [4.78, 5) is 0. The number of nitrogen functional groups attached to an aromatic ring is 1. The zero-order valence-electron chi connectivity index (χ0n) is 10.7. The van der Waals surface area contributed by atoms with Crippen molar-refractivity contribution in [3.8, 4) is 17.0 Å². The molecule has 0 unspecified atom stereocenters. The second kappa shape index (κ2) is 4.05. The SMILES string of the molecule is COc1cc(-c2cc(N)n(C)n2)ccc1C1CC1. The van der Waals surface area contributed by atoms with E-state index in [9.17, 15) is 0 Å². The molecule has 0 spiro atoms. The topological polar surface area (TPSA) is 53.1 Å². The fraction of sp³-hybridized carbons (Fsp3) is 0.357. The number of ether oxygens (including phenoxy) is 1. The molecule has 4 heteroatoms. The summed E-state index contributed by atoms with van der Waals surface area (Å²) in [6.07, 6.45) is 2.54. The highest BCUT2D eigenvalue weighted by atomic mass is 16.5. The first-order chi connectivity index (χ1) is 8.69. The van der Waals surface area contributed by atoms with Crippen LogP contribution in [0.3, 0.4) is 0 Å². The third kappa shape index (κ3) is 1.83. The third-order valence-corrected chi connectivity index (χ3v) is 3.46. The summed E-state index contributed by atoms with van der Waals surface area (Å²) in [5, 5.41) is 4.38. The smallest absolute Gasteiger partial charge is 0.123 e. The van der Waals surface area contributed by atoms with Crippen molar-refractivity contribution in [2.75, 3.05) is 12.8 Å². The van der Waals surface area contributed by atoms with Crippen LogP contribution in [0.15, 0.2) is 24.3 Å². The van der Waals surface area contributed by atoms with E-state index in [2.05, 4.69) is 23.3 Å². The summed E-state index contributed by atoms with van der Waals surface area (Å²) in [7, 11) is 3.56. The molecule has 3 rings (SSSR count). The molecule has 1 heterocycles. The molecule has 18 heavy (non-hydrogen) atoms. The maximum Gasteiger partial charge on any atom is 0.123 e. The van der Waals surface area contributed by atoms with E-state index >= 15 is 0 Å². The summed E-state index contributed by atoms with van der Waals surface area (Å²) in [5.74, 6) is 2.30. The molecular weight excluding hydrogens is 226 g/mol. The monoisotopic (exact) mass is 243 g/mol. The lowest BCUT2D eigenvalue weighted by Gasteiger charge is -2.08. The molecular formula is C14H17N3O. The Bertz CT molecular complexity index is 565. The Labute approximate surface area is 106 Å². The van der Waals surface area contributed by atoms with E-state index in [0.29, 0.717) is 11.7 Å². The lowest BCUT2D eigenvalue weighted by Crippen LogP contribution is -1.96. The van der Waals surface area contributed by atoms with Crippen LogP contribution in [-0.2, 0) is 7.05 Å². The Morgan fingerprint density at radius 3 is 2.67 bits per heavy atom. The van der Waals surface area contributed by atoms with Crippen LogP contribution in [0.1, 0.15) is 24.3 Å². The van der Waals surface area contributed by atoms with Crippen LogP contribution in [0.25, 0.3) is 11.3 Å². The average Bonchev–Trinajstić information content (AvgIpc) is 3.16. The highest BCUT2D eigenvalue weighted by Crippen LogP contribution is 2.45. The molecule has 0 amide bonds. The van der Waals surface area contributed by atoms with Crippen LogP contribution in [0, 0.1) is 0 Å². The summed E-state index contributed by atoms with van der Waals surface area (Å²) in [5.41, 5.74) is 9.05. The van der Waals surface area contributed by atoms with Crippen LogP contribution in [-0.4, -0.2) is 16.9 Å². The molecule has 1 aromatic heterocycles. The number of aryl methyl sites for hydroxylation is 1. The quantitative estimate of drug-likeness (QED) is 0.901. The second-order valence-electron chi connectivity index (χ2n) is 4.81. The Balaban J connectivity index is 2.02. The van der Waals surface area contributed by atoms with E-state index < -0.39 is 0 Å². The third-order valence-electron chi connectivity index (χ3n) is 3.46. The van der Waals surface area contributed by atoms with Crippen LogP contribution in [0.4, 0.5) is 5.82 Å². The van der Waals surface area contributed by atoms with E-state index in [1.165, 1.54) is 18.4 Å². The van der Waals surface area contributed by atoms with Gasteiger partial charge in [-0.25, -0.2) is 0 Å². The number of hydrogen-bond acceptors (Lipinski definition) is 3. The summed E-state index contributed by atoms with van der Waals surface area (Å²) < 4.78 is 7.16. The van der Waals surface area contributed by atoms with Gasteiger partial charge in [0.2, 0.25) is 0 Å². The van der Waals surface area contributed by atoms with Crippen molar-refractivity contribution >= 4 is 5.82 Å². The van der Waals surface area contributed by atoms with Gasteiger partial charge < -0.3 is 10.5 Å². The zero-order valence-corrected chi connectivity index (χ0v) is 10.7. The Kier molecular flexibility index (Phi) is 2.51. The number of rotatable bonds is 3. The zero-order chi connectivity index (χ0) is 12.7. The molecule has 94 valence electrons. The fourth-order valence-electron chi connectivity index (χ4n) is 2.22. The fourth-order valence-corrected chi connectivity index (χ4v) is 2.22. The van der Waals surface area contributed by atoms with Crippen molar-refractivity contribution < 1.29 is 4.74 Å². The van der Waals surface area contributed by atoms with E-state index in [1.54, 1.807) is 11.8 Å². The Morgan fingerprint density at radius 2 is 2.11 bits per heavy atom. The Hall–Kier alpha value is -1.97.